The van der Waals surface area contributed by atoms with Crippen LogP contribution in [0.15, 0.2) is 32.9 Å². The van der Waals surface area contributed by atoms with E-state index in [1.54, 1.807) is 0 Å². The summed E-state index contributed by atoms with van der Waals surface area (Å²) in [6.07, 6.45) is -2.67. The van der Waals surface area contributed by atoms with Gasteiger partial charge in [-0.1, -0.05) is 12.1 Å². The van der Waals surface area contributed by atoms with Crippen molar-refractivity contribution in [3.05, 3.63) is 29.8 Å². The number of sulfonamides is 1. The lowest BCUT2D eigenvalue weighted by Gasteiger charge is -2.15. The number of hydrogen-bond acceptors (Lipinski definition) is 4. The van der Waals surface area contributed by atoms with Gasteiger partial charge in [-0.2, -0.15) is 8.42 Å². The van der Waals surface area contributed by atoms with Crippen LogP contribution in [0.4, 0.5) is 8.78 Å². The molecule has 0 saturated carbocycles. The number of rotatable bonds is 3. The summed E-state index contributed by atoms with van der Waals surface area (Å²) < 4.78 is 69.5. The summed E-state index contributed by atoms with van der Waals surface area (Å²) >= 11 is 0. The third-order valence-corrected chi connectivity index (χ3v) is 7.11. The molecule has 1 fully saturated rings. The van der Waals surface area contributed by atoms with E-state index in [4.69, 9.17) is 4.74 Å². The van der Waals surface area contributed by atoms with E-state index < -0.39 is 26.2 Å². The summed E-state index contributed by atoms with van der Waals surface area (Å²) in [6, 6.07) is 4.12. The average Bonchev–Trinajstić information content (AvgIpc) is 2.38. The number of ether oxygens (including phenoxy) is 1. The molecule has 1 heterocycles. The first-order chi connectivity index (χ1) is 9.32. The lowest BCUT2D eigenvalue weighted by atomic mass is 10.2. The standard InChI is InChI=1S/C11H13F2NO4S2/c12-11(13)9-1-3-10(4-2-9)20(16,17)14-19(15)7-5-18-6-8-19/h1-4,11H,5-8H2. The van der Waals surface area contributed by atoms with Crippen molar-refractivity contribution in [3.63, 3.8) is 0 Å². The molecule has 1 aliphatic heterocycles. The Morgan fingerprint density at radius 3 is 2.20 bits per heavy atom. The first-order valence-corrected chi connectivity index (χ1v) is 9.06. The fourth-order valence-electron chi connectivity index (χ4n) is 1.66. The largest absolute Gasteiger partial charge is 0.379 e. The van der Waals surface area contributed by atoms with Crippen molar-refractivity contribution in [1.82, 2.24) is 0 Å². The monoisotopic (exact) mass is 325 g/mol. The summed E-state index contributed by atoms with van der Waals surface area (Å²) in [5.41, 5.74) is -0.279. The van der Waals surface area contributed by atoms with Crippen LogP contribution < -0.4 is 0 Å². The highest BCUT2D eigenvalue weighted by Gasteiger charge is 2.21. The first kappa shape index (κ1) is 15.3. The lowest BCUT2D eigenvalue weighted by molar-refractivity contribution is 0.151. The Labute approximate surface area is 116 Å². The molecule has 0 amide bonds. The van der Waals surface area contributed by atoms with Crippen molar-refractivity contribution >= 4 is 19.8 Å². The predicted octanol–water partition coefficient (Wildman–Crippen LogP) is 1.81. The Kier molecular flexibility index (Phi) is 4.40. The second-order valence-electron chi connectivity index (χ2n) is 4.21. The van der Waals surface area contributed by atoms with Gasteiger partial charge >= 0.3 is 0 Å². The third kappa shape index (κ3) is 3.53. The molecule has 5 nitrogen and oxygen atoms in total. The Hall–Kier alpha value is -1.06. The minimum absolute atomic E-state index is 0.0569. The van der Waals surface area contributed by atoms with E-state index >= 15 is 0 Å². The van der Waals surface area contributed by atoms with Crippen molar-refractivity contribution in [2.24, 2.45) is 3.77 Å². The van der Waals surface area contributed by atoms with Gasteiger partial charge in [0.25, 0.3) is 16.4 Å². The Bertz CT molecular complexity index is 680. The fraction of sp³-hybridized carbons (Fsp3) is 0.455. The molecule has 1 saturated heterocycles. The van der Waals surface area contributed by atoms with E-state index in [0.29, 0.717) is 0 Å². The summed E-state index contributed by atoms with van der Waals surface area (Å²) in [5.74, 6) is 0.114. The molecule has 1 aromatic carbocycles. The highest BCUT2D eigenvalue weighted by molar-refractivity contribution is 8.03. The summed E-state index contributed by atoms with van der Waals surface area (Å²) in [7, 11) is -6.97. The van der Waals surface area contributed by atoms with Gasteiger partial charge in [-0.25, -0.2) is 13.0 Å². The second kappa shape index (κ2) is 5.74. The van der Waals surface area contributed by atoms with E-state index in [1.165, 1.54) is 0 Å². The Balaban J connectivity index is 2.35. The van der Waals surface area contributed by atoms with Crippen LogP contribution in [0.25, 0.3) is 0 Å². The smallest absolute Gasteiger partial charge is 0.290 e. The molecule has 0 aromatic heterocycles. The van der Waals surface area contributed by atoms with Crippen LogP contribution in [-0.4, -0.2) is 37.3 Å². The summed E-state index contributed by atoms with van der Waals surface area (Å²) in [5, 5.41) is 0. The summed E-state index contributed by atoms with van der Waals surface area (Å²) in [6.45, 7) is 0.393. The maximum Gasteiger partial charge on any atom is 0.290 e. The summed E-state index contributed by atoms with van der Waals surface area (Å²) in [4.78, 5) is -0.240. The molecular formula is C11H13F2NO4S2. The fourth-order valence-corrected chi connectivity index (χ4v) is 5.48. The van der Waals surface area contributed by atoms with Gasteiger partial charge in [-0.3, -0.25) is 0 Å². The van der Waals surface area contributed by atoms with Crippen LogP contribution in [0.5, 0.6) is 0 Å². The van der Waals surface area contributed by atoms with E-state index in [-0.39, 0.29) is 35.2 Å². The van der Waals surface area contributed by atoms with Crippen molar-refractivity contribution in [1.29, 1.82) is 0 Å². The zero-order chi connectivity index (χ0) is 14.8. The van der Waals surface area contributed by atoms with Crippen molar-refractivity contribution < 1.29 is 26.1 Å². The molecule has 0 bridgehead atoms. The molecule has 0 aliphatic carbocycles. The second-order valence-corrected chi connectivity index (χ2v) is 8.59. The predicted molar refractivity (Wildman–Crippen MR) is 69.7 cm³/mol. The molecular weight excluding hydrogens is 312 g/mol. The van der Waals surface area contributed by atoms with Gasteiger partial charge < -0.3 is 4.74 Å². The zero-order valence-electron chi connectivity index (χ0n) is 10.4. The van der Waals surface area contributed by atoms with E-state index in [0.717, 1.165) is 24.3 Å². The van der Waals surface area contributed by atoms with Crippen molar-refractivity contribution in [2.75, 3.05) is 24.7 Å². The molecule has 0 unspecified atom stereocenters. The number of benzene rings is 1. The van der Waals surface area contributed by atoms with Gasteiger partial charge in [0.05, 0.1) is 39.3 Å². The highest BCUT2D eigenvalue weighted by Crippen LogP contribution is 2.22. The number of alkyl halides is 2. The minimum atomic E-state index is -4.11. The van der Waals surface area contributed by atoms with E-state index in [9.17, 15) is 21.4 Å². The maximum atomic E-state index is 12.4. The van der Waals surface area contributed by atoms with Gasteiger partial charge in [0.1, 0.15) is 0 Å². The third-order valence-electron chi connectivity index (χ3n) is 2.76. The molecule has 1 aliphatic rings. The molecule has 20 heavy (non-hydrogen) atoms. The molecule has 0 N–H and O–H groups in total. The van der Waals surface area contributed by atoms with Crippen molar-refractivity contribution in [3.8, 4) is 0 Å². The molecule has 112 valence electrons. The van der Waals surface area contributed by atoms with Crippen LogP contribution in [0.2, 0.25) is 0 Å². The van der Waals surface area contributed by atoms with Gasteiger partial charge in [0.2, 0.25) is 0 Å². The van der Waals surface area contributed by atoms with E-state index in [1.807, 2.05) is 0 Å². The quantitative estimate of drug-likeness (QED) is 0.849. The Morgan fingerprint density at radius 2 is 1.70 bits per heavy atom. The molecule has 1 aromatic rings. The van der Waals surface area contributed by atoms with Gasteiger partial charge in [-0.15, -0.1) is 3.77 Å². The number of hydrogen-bond donors (Lipinski definition) is 0. The molecule has 0 spiro atoms. The highest BCUT2D eigenvalue weighted by atomic mass is 32.3. The van der Waals surface area contributed by atoms with Gasteiger partial charge in [-0.05, 0) is 12.1 Å². The zero-order valence-corrected chi connectivity index (χ0v) is 12.0. The van der Waals surface area contributed by atoms with Crippen LogP contribution in [-0.2, 0) is 24.5 Å². The number of halogens is 2. The molecule has 0 radical (unpaired) electrons. The van der Waals surface area contributed by atoms with E-state index in [2.05, 4.69) is 3.77 Å². The first-order valence-electron chi connectivity index (χ1n) is 5.77. The van der Waals surface area contributed by atoms with Crippen LogP contribution in [0, 0.1) is 0 Å². The lowest BCUT2D eigenvalue weighted by Crippen LogP contribution is -2.26. The SMILES string of the molecule is O=S(=O)(N=S1(=O)CCOCC1)c1ccc(C(F)F)cc1. The van der Waals surface area contributed by atoms with Crippen LogP contribution in [0.3, 0.4) is 0 Å². The average molecular weight is 325 g/mol. The number of nitrogens with zero attached hydrogens (tertiary/aromatic N) is 1. The minimum Gasteiger partial charge on any atom is -0.379 e. The Morgan fingerprint density at radius 1 is 1.15 bits per heavy atom. The van der Waals surface area contributed by atoms with Crippen LogP contribution in [0.1, 0.15) is 12.0 Å². The van der Waals surface area contributed by atoms with Gasteiger partial charge in [0.15, 0.2) is 0 Å². The van der Waals surface area contributed by atoms with Crippen molar-refractivity contribution in [2.45, 2.75) is 11.3 Å². The molecule has 2 rings (SSSR count). The topological polar surface area (TPSA) is 72.8 Å². The maximum absolute atomic E-state index is 12.4. The normalized spacial score (nSPS) is 18.9. The van der Waals surface area contributed by atoms with Crippen LogP contribution >= 0.6 is 0 Å². The molecule has 9 heteroatoms. The molecule has 0 atom stereocenters. The van der Waals surface area contributed by atoms with Gasteiger partial charge in [0, 0.05) is 5.56 Å².